The van der Waals surface area contributed by atoms with Gasteiger partial charge in [-0.2, -0.15) is 4.99 Å². The quantitative estimate of drug-likeness (QED) is 0.599. The van der Waals surface area contributed by atoms with Crippen molar-refractivity contribution in [1.29, 1.82) is 0 Å². The molecule has 1 amide bonds. The predicted octanol–water partition coefficient (Wildman–Crippen LogP) is 4.36. The van der Waals surface area contributed by atoms with Crippen molar-refractivity contribution in [3.63, 3.8) is 0 Å². The van der Waals surface area contributed by atoms with Crippen LogP contribution in [0.25, 0.3) is 11.3 Å². The standard InChI is InChI=1S/C19H15BrN2OS/c1-22-17-15-8-3-2-5-12(15)9-10-16(17)24-19(22)21-18(23)13-6-4-7-14(20)11-13/h2-8,11H,9-10H2,1H3. The Balaban J connectivity index is 1.82. The minimum atomic E-state index is -0.209. The maximum atomic E-state index is 12.5. The Hall–Kier alpha value is -1.98. The Bertz CT molecular complexity index is 1020. The van der Waals surface area contributed by atoms with Crippen molar-refractivity contribution >= 4 is 33.2 Å². The number of rotatable bonds is 1. The molecule has 5 heteroatoms. The molecule has 0 atom stereocenters. The number of hydrogen-bond acceptors (Lipinski definition) is 2. The SMILES string of the molecule is Cn1c2c(sc1=NC(=O)c1cccc(Br)c1)CCc1ccccc1-2. The van der Waals surface area contributed by atoms with Crippen molar-refractivity contribution in [2.75, 3.05) is 0 Å². The number of carbonyl (C=O) groups excluding carboxylic acids is 1. The lowest BCUT2D eigenvalue weighted by atomic mass is 9.93. The Morgan fingerprint density at radius 2 is 2.00 bits per heavy atom. The molecule has 24 heavy (non-hydrogen) atoms. The Morgan fingerprint density at radius 1 is 1.17 bits per heavy atom. The third kappa shape index (κ3) is 2.68. The summed E-state index contributed by atoms with van der Waals surface area (Å²) in [7, 11) is 1.99. The molecule has 0 saturated carbocycles. The summed E-state index contributed by atoms with van der Waals surface area (Å²) in [6, 6.07) is 15.8. The molecule has 1 aliphatic rings. The van der Waals surface area contributed by atoms with E-state index in [0.717, 1.165) is 22.1 Å². The van der Waals surface area contributed by atoms with Gasteiger partial charge in [0.25, 0.3) is 5.91 Å². The highest BCUT2D eigenvalue weighted by Crippen LogP contribution is 2.34. The number of aryl methyl sites for hydroxylation is 2. The van der Waals surface area contributed by atoms with Crippen molar-refractivity contribution in [3.05, 3.63) is 73.8 Å². The lowest BCUT2D eigenvalue weighted by Crippen LogP contribution is -2.15. The zero-order valence-electron chi connectivity index (χ0n) is 13.1. The van der Waals surface area contributed by atoms with Crippen LogP contribution in [-0.4, -0.2) is 10.5 Å². The molecular formula is C19H15BrN2OS. The van der Waals surface area contributed by atoms with E-state index in [1.807, 2.05) is 23.7 Å². The molecule has 120 valence electrons. The molecule has 3 aromatic rings. The van der Waals surface area contributed by atoms with Gasteiger partial charge in [-0.05, 0) is 36.6 Å². The second-order valence-electron chi connectivity index (χ2n) is 5.80. The molecule has 0 N–H and O–H groups in total. The summed E-state index contributed by atoms with van der Waals surface area (Å²) in [6.45, 7) is 0. The molecule has 0 bridgehead atoms. The molecule has 3 nitrogen and oxygen atoms in total. The van der Waals surface area contributed by atoms with Gasteiger partial charge in [-0.1, -0.05) is 46.3 Å². The number of carbonyl (C=O) groups is 1. The molecular weight excluding hydrogens is 384 g/mol. The van der Waals surface area contributed by atoms with Crippen molar-refractivity contribution < 1.29 is 4.79 Å². The highest BCUT2D eigenvalue weighted by atomic mass is 79.9. The van der Waals surface area contributed by atoms with Crippen molar-refractivity contribution in [3.8, 4) is 11.3 Å². The monoisotopic (exact) mass is 398 g/mol. The molecule has 4 rings (SSSR count). The highest BCUT2D eigenvalue weighted by Gasteiger charge is 2.21. The normalized spacial score (nSPS) is 13.5. The van der Waals surface area contributed by atoms with Crippen LogP contribution in [0.3, 0.4) is 0 Å². The third-order valence-electron chi connectivity index (χ3n) is 4.26. The average Bonchev–Trinajstić information content (AvgIpc) is 2.91. The van der Waals surface area contributed by atoms with Crippen molar-refractivity contribution in [2.24, 2.45) is 12.0 Å². The summed E-state index contributed by atoms with van der Waals surface area (Å²) in [5.74, 6) is -0.209. The van der Waals surface area contributed by atoms with Crippen LogP contribution >= 0.6 is 27.3 Å². The number of thiazole rings is 1. The van der Waals surface area contributed by atoms with Gasteiger partial charge in [-0.25, -0.2) is 0 Å². The van der Waals surface area contributed by atoms with Gasteiger partial charge in [-0.3, -0.25) is 4.79 Å². The average molecular weight is 399 g/mol. The predicted molar refractivity (Wildman–Crippen MR) is 100 cm³/mol. The molecule has 0 unspecified atom stereocenters. The zero-order valence-corrected chi connectivity index (χ0v) is 15.5. The fourth-order valence-corrected chi connectivity index (χ4v) is 4.62. The second-order valence-corrected chi connectivity index (χ2v) is 7.78. The summed E-state index contributed by atoms with van der Waals surface area (Å²) in [4.78, 5) is 18.9. The van der Waals surface area contributed by atoms with Crippen LogP contribution in [0.1, 0.15) is 20.8 Å². The number of hydrogen-bond donors (Lipinski definition) is 0. The van der Waals surface area contributed by atoms with Gasteiger partial charge >= 0.3 is 0 Å². The first kappa shape index (κ1) is 15.5. The topological polar surface area (TPSA) is 34.4 Å². The van der Waals surface area contributed by atoms with E-state index in [9.17, 15) is 4.79 Å². The van der Waals surface area contributed by atoms with E-state index in [1.54, 1.807) is 23.5 Å². The van der Waals surface area contributed by atoms with E-state index < -0.39 is 0 Å². The molecule has 2 aromatic carbocycles. The number of aromatic nitrogens is 1. The number of fused-ring (bicyclic) bond motifs is 3. The van der Waals surface area contributed by atoms with Gasteiger partial charge in [0.1, 0.15) is 0 Å². The molecule has 0 spiro atoms. The Kier molecular flexibility index (Phi) is 3.98. The first-order chi connectivity index (χ1) is 11.6. The number of nitrogens with zero attached hydrogens (tertiary/aromatic N) is 2. The summed E-state index contributed by atoms with van der Waals surface area (Å²) >= 11 is 5.01. The van der Waals surface area contributed by atoms with Crippen molar-refractivity contribution in [1.82, 2.24) is 4.57 Å². The van der Waals surface area contributed by atoms with Gasteiger partial charge in [0, 0.05) is 27.5 Å². The van der Waals surface area contributed by atoms with E-state index in [0.29, 0.717) is 5.56 Å². The van der Waals surface area contributed by atoms with Crippen LogP contribution in [0, 0.1) is 0 Å². The lowest BCUT2D eigenvalue weighted by molar-refractivity contribution is 0.0998. The maximum absolute atomic E-state index is 12.5. The smallest absolute Gasteiger partial charge is 0.279 e. The van der Waals surface area contributed by atoms with Gasteiger partial charge in [-0.15, -0.1) is 11.3 Å². The van der Waals surface area contributed by atoms with E-state index in [1.165, 1.54) is 21.7 Å². The third-order valence-corrected chi connectivity index (χ3v) is 5.95. The number of amides is 1. The molecule has 1 aliphatic carbocycles. The molecule has 0 radical (unpaired) electrons. The molecule has 0 saturated heterocycles. The van der Waals surface area contributed by atoms with E-state index in [-0.39, 0.29) is 5.91 Å². The highest BCUT2D eigenvalue weighted by molar-refractivity contribution is 9.10. The van der Waals surface area contributed by atoms with Crippen LogP contribution in [0.5, 0.6) is 0 Å². The summed E-state index contributed by atoms with van der Waals surface area (Å²) in [5.41, 5.74) is 4.41. The van der Waals surface area contributed by atoms with Crippen molar-refractivity contribution in [2.45, 2.75) is 12.8 Å². The first-order valence-electron chi connectivity index (χ1n) is 7.75. The van der Waals surface area contributed by atoms with Crippen LogP contribution in [0.2, 0.25) is 0 Å². The molecule has 1 aromatic heterocycles. The van der Waals surface area contributed by atoms with Crippen LogP contribution in [0.4, 0.5) is 0 Å². The maximum Gasteiger partial charge on any atom is 0.279 e. The number of benzene rings is 2. The second kappa shape index (κ2) is 6.15. The van der Waals surface area contributed by atoms with Crippen LogP contribution < -0.4 is 4.80 Å². The molecule has 0 fully saturated rings. The fraction of sp³-hybridized carbons (Fsp3) is 0.158. The van der Waals surface area contributed by atoms with Gasteiger partial charge in [0.2, 0.25) is 0 Å². The first-order valence-corrected chi connectivity index (χ1v) is 9.36. The van der Waals surface area contributed by atoms with E-state index in [2.05, 4.69) is 45.2 Å². The largest absolute Gasteiger partial charge is 0.319 e. The van der Waals surface area contributed by atoms with Gasteiger partial charge in [0.15, 0.2) is 4.80 Å². The van der Waals surface area contributed by atoms with E-state index in [4.69, 9.17) is 0 Å². The van der Waals surface area contributed by atoms with Gasteiger partial charge < -0.3 is 4.57 Å². The number of halogens is 1. The summed E-state index contributed by atoms with van der Waals surface area (Å²) in [6.07, 6.45) is 2.05. The summed E-state index contributed by atoms with van der Waals surface area (Å²) < 4.78 is 2.93. The Morgan fingerprint density at radius 3 is 2.83 bits per heavy atom. The summed E-state index contributed by atoms with van der Waals surface area (Å²) in [5, 5.41) is 0. The Labute approximate surface area is 152 Å². The lowest BCUT2D eigenvalue weighted by Gasteiger charge is -2.16. The molecule has 1 heterocycles. The fourth-order valence-electron chi connectivity index (χ4n) is 3.10. The minimum absolute atomic E-state index is 0.209. The zero-order chi connectivity index (χ0) is 16.7. The van der Waals surface area contributed by atoms with E-state index >= 15 is 0 Å². The van der Waals surface area contributed by atoms with Gasteiger partial charge in [0.05, 0.1) is 5.69 Å². The van der Waals surface area contributed by atoms with Crippen LogP contribution in [0.15, 0.2) is 58.0 Å². The minimum Gasteiger partial charge on any atom is -0.319 e. The van der Waals surface area contributed by atoms with Crippen LogP contribution in [-0.2, 0) is 19.9 Å². The molecule has 0 aliphatic heterocycles.